The Hall–Kier alpha value is -2.25. The molecule has 0 spiro atoms. The number of likely N-dealkylation sites (N-methyl/N-ethyl adjacent to an activating group) is 1. The van der Waals surface area contributed by atoms with Gasteiger partial charge in [0.15, 0.2) is 0 Å². The van der Waals surface area contributed by atoms with E-state index in [1.54, 1.807) is 0 Å². The van der Waals surface area contributed by atoms with E-state index in [1.807, 2.05) is 48.9 Å². The molecule has 1 aromatic heterocycles. The van der Waals surface area contributed by atoms with Crippen molar-refractivity contribution >= 4 is 5.91 Å². The lowest BCUT2D eigenvalue weighted by Crippen LogP contribution is -2.39. The Bertz CT molecular complexity index is 728. The molecule has 25 heavy (non-hydrogen) atoms. The summed E-state index contributed by atoms with van der Waals surface area (Å²) in [6.45, 7) is 4.36. The molecule has 1 aliphatic rings. The number of benzene rings is 1. The van der Waals surface area contributed by atoms with Gasteiger partial charge in [-0.3, -0.25) is 14.6 Å². The first-order chi connectivity index (χ1) is 12.0. The maximum atomic E-state index is 12.0. The quantitative estimate of drug-likeness (QED) is 0.842. The molecule has 2 atom stereocenters. The van der Waals surface area contributed by atoms with E-state index in [1.165, 1.54) is 0 Å². The van der Waals surface area contributed by atoms with Crippen molar-refractivity contribution < 1.29 is 4.79 Å². The minimum atomic E-state index is -0.364. The highest BCUT2D eigenvalue weighted by Crippen LogP contribution is 2.27. The van der Waals surface area contributed by atoms with Gasteiger partial charge in [0.2, 0.25) is 5.91 Å². The zero-order valence-corrected chi connectivity index (χ0v) is 15.1. The highest BCUT2D eigenvalue weighted by atomic mass is 16.1. The lowest BCUT2D eigenvalue weighted by Gasteiger charge is -2.28. The summed E-state index contributed by atoms with van der Waals surface area (Å²) in [7, 11) is 4.08. The first kappa shape index (κ1) is 17.6. The molecule has 2 N–H and O–H groups in total. The van der Waals surface area contributed by atoms with Gasteiger partial charge in [0.25, 0.3) is 0 Å². The fourth-order valence-electron chi connectivity index (χ4n) is 3.49. The van der Waals surface area contributed by atoms with Crippen LogP contribution in [0.15, 0.2) is 30.3 Å². The van der Waals surface area contributed by atoms with E-state index >= 15 is 0 Å². The second-order valence-corrected chi connectivity index (χ2v) is 6.79. The van der Waals surface area contributed by atoms with Crippen LogP contribution in [0.4, 0.5) is 0 Å². The number of rotatable bonds is 6. The topological polar surface area (TPSA) is 80.3 Å². The number of nitrogens with two attached hydrogens (primary N) is 1. The van der Waals surface area contributed by atoms with Crippen LogP contribution in [0.1, 0.15) is 29.7 Å². The van der Waals surface area contributed by atoms with Crippen LogP contribution in [0, 0.1) is 6.92 Å². The second-order valence-electron chi connectivity index (χ2n) is 6.79. The zero-order valence-electron chi connectivity index (χ0n) is 15.1. The maximum Gasteiger partial charge on any atom is 0.239 e. The van der Waals surface area contributed by atoms with E-state index in [0.717, 1.165) is 43.3 Å². The molecule has 134 valence electrons. The van der Waals surface area contributed by atoms with Crippen LogP contribution in [0.3, 0.4) is 0 Å². The number of hydrogen-bond acceptors (Lipinski definition) is 5. The van der Waals surface area contributed by atoms with Crippen molar-refractivity contribution in [3.05, 3.63) is 47.5 Å². The number of likely N-dealkylation sites (tertiary alicyclic amines) is 1. The Morgan fingerprint density at radius 3 is 2.68 bits per heavy atom. The molecule has 2 aromatic rings. The third kappa shape index (κ3) is 3.72. The smallest absolute Gasteiger partial charge is 0.239 e. The number of aryl methyl sites for hydroxylation is 1. The lowest BCUT2D eigenvalue weighted by molar-refractivity contribution is -0.123. The largest absolute Gasteiger partial charge is 0.368 e. The van der Waals surface area contributed by atoms with Crippen molar-refractivity contribution in [2.24, 2.45) is 12.8 Å². The van der Waals surface area contributed by atoms with Crippen molar-refractivity contribution in [3.63, 3.8) is 0 Å². The fourth-order valence-corrected chi connectivity index (χ4v) is 3.49. The molecule has 3 rings (SSSR count). The van der Waals surface area contributed by atoms with Crippen molar-refractivity contribution in [1.29, 1.82) is 0 Å². The van der Waals surface area contributed by atoms with Crippen LogP contribution >= 0.6 is 0 Å². The summed E-state index contributed by atoms with van der Waals surface area (Å²) >= 11 is 0. The summed E-state index contributed by atoms with van der Waals surface area (Å²) in [5.74, 6) is 1.57. The van der Waals surface area contributed by atoms with Crippen molar-refractivity contribution in [2.75, 3.05) is 20.1 Å². The van der Waals surface area contributed by atoms with E-state index in [0.29, 0.717) is 6.04 Å². The van der Waals surface area contributed by atoms with E-state index < -0.39 is 0 Å². The van der Waals surface area contributed by atoms with Crippen LogP contribution in [0.2, 0.25) is 0 Å². The minimum Gasteiger partial charge on any atom is -0.368 e. The molecule has 0 saturated carbocycles. The Kier molecular flexibility index (Phi) is 5.15. The van der Waals surface area contributed by atoms with Gasteiger partial charge in [0.1, 0.15) is 17.7 Å². The first-order valence-electron chi connectivity index (χ1n) is 8.60. The molecule has 0 radical (unpaired) electrons. The number of nitrogens with zero attached hydrogens (tertiary/aromatic N) is 5. The Balaban J connectivity index is 1.67. The highest BCUT2D eigenvalue weighted by molar-refractivity contribution is 5.81. The Morgan fingerprint density at radius 1 is 1.36 bits per heavy atom. The molecule has 1 amide bonds. The van der Waals surface area contributed by atoms with Gasteiger partial charge in [-0.2, -0.15) is 0 Å². The average Bonchev–Trinajstić information content (AvgIpc) is 3.18. The van der Waals surface area contributed by atoms with E-state index in [4.69, 9.17) is 5.73 Å². The molecular weight excluding hydrogens is 316 g/mol. The molecule has 7 heteroatoms. The molecule has 1 aromatic carbocycles. The second kappa shape index (κ2) is 7.33. The Labute approximate surface area is 148 Å². The molecule has 1 aliphatic heterocycles. The maximum absolute atomic E-state index is 12.0. The number of amides is 1. The van der Waals surface area contributed by atoms with Gasteiger partial charge in [-0.25, -0.2) is 0 Å². The van der Waals surface area contributed by atoms with Gasteiger partial charge >= 0.3 is 0 Å². The molecule has 0 aliphatic carbocycles. The molecule has 1 fully saturated rings. The van der Waals surface area contributed by atoms with Crippen LogP contribution in [-0.4, -0.2) is 56.7 Å². The summed E-state index contributed by atoms with van der Waals surface area (Å²) in [6.07, 6.45) is 1.00. The predicted molar refractivity (Wildman–Crippen MR) is 95.6 cm³/mol. The normalized spacial score (nSPS) is 19.4. The van der Waals surface area contributed by atoms with Crippen LogP contribution < -0.4 is 5.73 Å². The summed E-state index contributed by atoms with van der Waals surface area (Å²) in [5.41, 5.74) is 6.66. The minimum absolute atomic E-state index is 0.293. The van der Waals surface area contributed by atoms with Gasteiger partial charge < -0.3 is 10.3 Å². The van der Waals surface area contributed by atoms with E-state index in [-0.39, 0.29) is 11.9 Å². The molecule has 2 heterocycles. The van der Waals surface area contributed by atoms with Gasteiger partial charge in [-0.15, -0.1) is 10.2 Å². The Morgan fingerprint density at radius 2 is 2.08 bits per heavy atom. The van der Waals surface area contributed by atoms with Gasteiger partial charge in [-0.1, -0.05) is 30.3 Å². The molecule has 2 unspecified atom stereocenters. The monoisotopic (exact) mass is 342 g/mol. The number of aromatic nitrogens is 3. The molecule has 7 nitrogen and oxygen atoms in total. The zero-order chi connectivity index (χ0) is 18.0. The third-order valence-corrected chi connectivity index (χ3v) is 5.14. The fraction of sp³-hybridized carbons (Fsp3) is 0.500. The van der Waals surface area contributed by atoms with Crippen LogP contribution in [0.5, 0.6) is 0 Å². The van der Waals surface area contributed by atoms with Crippen molar-refractivity contribution in [2.45, 2.75) is 32.0 Å². The lowest BCUT2D eigenvalue weighted by atomic mass is 10.1. The number of carbonyl (C=O) groups excluding carboxylic acids is 1. The molecule has 1 saturated heterocycles. The van der Waals surface area contributed by atoms with Gasteiger partial charge in [0.05, 0.1) is 6.54 Å². The number of hydrogen-bond donors (Lipinski definition) is 1. The van der Waals surface area contributed by atoms with E-state index in [9.17, 15) is 4.79 Å². The summed E-state index contributed by atoms with van der Waals surface area (Å²) < 4.78 is 2.01. The molecular formula is C18H26N6O. The molecule has 0 bridgehead atoms. The van der Waals surface area contributed by atoms with Gasteiger partial charge in [-0.05, 0) is 26.0 Å². The van der Waals surface area contributed by atoms with Crippen LogP contribution in [-0.2, 0) is 18.4 Å². The van der Waals surface area contributed by atoms with Crippen molar-refractivity contribution in [3.8, 4) is 0 Å². The standard InChI is InChI=1S/C18H26N6O/c1-13-20-21-16(23(13)3)12-22(2)15-9-10-24(11-15)17(18(19)25)14-7-5-4-6-8-14/h4-8,15,17H,9-12H2,1-3H3,(H2,19,25). The van der Waals surface area contributed by atoms with Crippen LogP contribution in [0.25, 0.3) is 0 Å². The predicted octanol–water partition coefficient (Wildman–Crippen LogP) is 0.856. The van der Waals surface area contributed by atoms with Crippen molar-refractivity contribution in [1.82, 2.24) is 24.6 Å². The summed E-state index contributed by atoms with van der Waals surface area (Å²) in [5, 5.41) is 8.36. The third-order valence-electron chi connectivity index (χ3n) is 5.14. The summed E-state index contributed by atoms with van der Waals surface area (Å²) in [6, 6.07) is 9.77. The number of primary amides is 1. The SMILES string of the molecule is Cc1nnc(CN(C)C2CCN(C(C(N)=O)c3ccccc3)C2)n1C. The first-order valence-corrected chi connectivity index (χ1v) is 8.60. The van der Waals surface area contributed by atoms with E-state index in [2.05, 4.69) is 27.0 Å². The summed E-state index contributed by atoms with van der Waals surface area (Å²) in [4.78, 5) is 16.5. The average molecular weight is 342 g/mol. The highest BCUT2D eigenvalue weighted by Gasteiger charge is 2.34. The van der Waals surface area contributed by atoms with Gasteiger partial charge in [0, 0.05) is 26.2 Å². The number of carbonyl (C=O) groups is 1.